The molecule has 0 radical (unpaired) electrons. The average molecular weight is 429 g/mol. The number of amides is 1. The molecule has 1 amide bonds. The third-order valence-corrected chi connectivity index (χ3v) is 6.09. The molecule has 0 aliphatic rings. The van der Waals surface area contributed by atoms with Gasteiger partial charge in [0.05, 0.1) is 36.2 Å². The van der Waals surface area contributed by atoms with Gasteiger partial charge < -0.3 is 14.8 Å². The summed E-state index contributed by atoms with van der Waals surface area (Å²) in [5.74, 6) is 0.567. The lowest BCUT2D eigenvalue weighted by Crippen LogP contribution is -2.32. The van der Waals surface area contributed by atoms with Crippen molar-refractivity contribution in [1.82, 2.24) is 14.7 Å². The summed E-state index contributed by atoms with van der Waals surface area (Å²) in [5.41, 5.74) is 2.11. The van der Waals surface area contributed by atoms with E-state index < -0.39 is 0 Å². The van der Waals surface area contributed by atoms with E-state index in [1.807, 2.05) is 38.1 Å². The zero-order valence-corrected chi connectivity index (χ0v) is 18.4. The fraction of sp³-hybridized carbons (Fsp3) is 0.240. The number of hydrogen-bond acceptors (Lipinski definition) is 5. The van der Waals surface area contributed by atoms with E-state index >= 15 is 0 Å². The number of carbonyl (C=O) groups is 1. The minimum Gasteiger partial charge on any atom is -0.493 e. The molecular formula is C25H23N3O4. The molecule has 0 spiro atoms. The lowest BCUT2D eigenvalue weighted by atomic mass is 10.1. The maximum atomic E-state index is 13.7. The Kier molecular flexibility index (Phi) is 4.62. The maximum Gasteiger partial charge on any atom is 0.270 e. The van der Waals surface area contributed by atoms with Crippen LogP contribution >= 0.6 is 0 Å². The number of nitrogens with zero attached hydrogens (tertiary/aromatic N) is 2. The van der Waals surface area contributed by atoms with Gasteiger partial charge in [-0.2, -0.15) is 0 Å². The highest BCUT2D eigenvalue weighted by atomic mass is 16.5. The van der Waals surface area contributed by atoms with Crippen molar-refractivity contribution in [2.45, 2.75) is 26.3 Å². The van der Waals surface area contributed by atoms with Crippen LogP contribution in [0.15, 0.2) is 47.3 Å². The van der Waals surface area contributed by atoms with E-state index in [0.29, 0.717) is 39.0 Å². The number of methoxy groups -OCH3 is 2. The average Bonchev–Trinajstić information content (AvgIpc) is 3.16. The minimum absolute atomic E-state index is 0.0240. The smallest absolute Gasteiger partial charge is 0.270 e. The van der Waals surface area contributed by atoms with Crippen LogP contribution in [-0.2, 0) is 0 Å². The Morgan fingerprint density at radius 2 is 1.88 bits per heavy atom. The Balaban J connectivity index is 2.00. The second-order valence-corrected chi connectivity index (χ2v) is 7.92. The third-order valence-electron chi connectivity index (χ3n) is 6.09. The molecule has 7 nitrogen and oxygen atoms in total. The highest BCUT2D eigenvalue weighted by molar-refractivity contribution is 6.21. The molecule has 32 heavy (non-hydrogen) atoms. The highest BCUT2D eigenvalue weighted by Crippen LogP contribution is 2.39. The molecule has 5 rings (SSSR count). The van der Waals surface area contributed by atoms with Crippen molar-refractivity contribution < 1.29 is 14.3 Å². The molecule has 0 saturated carbocycles. The second kappa shape index (κ2) is 7.37. The van der Waals surface area contributed by atoms with Gasteiger partial charge >= 0.3 is 0 Å². The van der Waals surface area contributed by atoms with Gasteiger partial charge in [-0.25, -0.2) is 4.98 Å². The van der Waals surface area contributed by atoms with Gasteiger partial charge in [0.25, 0.3) is 11.5 Å². The molecule has 0 fully saturated rings. The molecule has 1 N–H and O–H groups in total. The number of benzene rings is 2. The van der Waals surface area contributed by atoms with Crippen molar-refractivity contribution in [2.24, 2.45) is 0 Å². The molecule has 0 aliphatic heterocycles. The summed E-state index contributed by atoms with van der Waals surface area (Å²) in [6, 6.07) is 13.0. The number of carbonyl (C=O) groups excluding carboxylic acids is 1. The van der Waals surface area contributed by atoms with Crippen molar-refractivity contribution in [3.63, 3.8) is 0 Å². The van der Waals surface area contributed by atoms with Crippen LogP contribution in [0.1, 0.15) is 30.8 Å². The van der Waals surface area contributed by atoms with E-state index in [1.54, 1.807) is 22.6 Å². The number of hydrogen-bond donors (Lipinski definition) is 1. The Morgan fingerprint density at radius 1 is 1.09 bits per heavy atom. The van der Waals surface area contributed by atoms with Crippen LogP contribution in [0.3, 0.4) is 0 Å². The first kappa shape index (κ1) is 20.1. The fourth-order valence-corrected chi connectivity index (χ4v) is 4.35. The van der Waals surface area contributed by atoms with Gasteiger partial charge in [-0.05, 0) is 37.6 Å². The standard InChI is InChI=1S/C25H23N3O4/c1-5-13(2)26-24(29)17-12-16-14-8-6-7-9-18(14)28-22(16)21(27-17)15-10-11-19(31-3)23(32-4)20(15)25(28)30/h6-13H,5H2,1-4H3,(H,26,29)/t13-/m1/s1. The van der Waals surface area contributed by atoms with Gasteiger partial charge in [0, 0.05) is 22.2 Å². The minimum atomic E-state index is -0.242. The van der Waals surface area contributed by atoms with E-state index in [2.05, 4.69) is 5.32 Å². The first-order chi connectivity index (χ1) is 15.5. The van der Waals surface area contributed by atoms with E-state index in [9.17, 15) is 9.59 Å². The first-order valence-electron chi connectivity index (χ1n) is 10.5. The largest absolute Gasteiger partial charge is 0.493 e. The molecule has 7 heteroatoms. The topological polar surface area (TPSA) is 81.9 Å². The quantitative estimate of drug-likeness (QED) is 0.425. The highest BCUT2D eigenvalue weighted by Gasteiger charge is 2.24. The lowest BCUT2D eigenvalue weighted by molar-refractivity contribution is 0.0934. The predicted molar refractivity (Wildman–Crippen MR) is 125 cm³/mol. The Hall–Kier alpha value is -3.87. The lowest BCUT2D eigenvalue weighted by Gasteiger charge is -2.14. The molecule has 0 bridgehead atoms. The number of pyridine rings is 2. The molecule has 162 valence electrons. The molecule has 5 aromatic rings. The monoisotopic (exact) mass is 429 g/mol. The van der Waals surface area contributed by atoms with Crippen molar-refractivity contribution in [1.29, 1.82) is 0 Å². The summed E-state index contributed by atoms with van der Waals surface area (Å²) >= 11 is 0. The number of fused-ring (bicyclic) bond motifs is 5. The zero-order valence-electron chi connectivity index (χ0n) is 18.4. The van der Waals surface area contributed by atoms with Gasteiger partial charge in [-0.1, -0.05) is 25.1 Å². The maximum absolute atomic E-state index is 13.7. The summed E-state index contributed by atoms with van der Waals surface area (Å²) < 4.78 is 12.7. The van der Waals surface area contributed by atoms with Gasteiger partial charge in [-0.3, -0.25) is 14.0 Å². The van der Waals surface area contributed by atoms with E-state index in [1.165, 1.54) is 14.2 Å². The summed E-state index contributed by atoms with van der Waals surface area (Å²) in [4.78, 5) is 31.5. The summed E-state index contributed by atoms with van der Waals surface area (Å²) in [6.45, 7) is 3.97. The van der Waals surface area contributed by atoms with Crippen molar-refractivity contribution in [2.75, 3.05) is 14.2 Å². The molecular weight excluding hydrogens is 406 g/mol. The third kappa shape index (κ3) is 2.70. The van der Waals surface area contributed by atoms with E-state index in [0.717, 1.165) is 22.7 Å². The van der Waals surface area contributed by atoms with Crippen LogP contribution in [-0.4, -0.2) is 35.6 Å². The summed E-state index contributed by atoms with van der Waals surface area (Å²) in [6.07, 6.45) is 0.814. The number of aromatic nitrogens is 2. The molecule has 2 aromatic carbocycles. The summed E-state index contributed by atoms with van der Waals surface area (Å²) in [5, 5.41) is 5.67. The number of para-hydroxylation sites is 1. The molecule has 0 saturated heterocycles. The van der Waals surface area contributed by atoms with Crippen LogP contribution in [0.2, 0.25) is 0 Å². The van der Waals surface area contributed by atoms with Crippen LogP contribution in [0.5, 0.6) is 11.5 Å². The molecule has 0 aliphatic carbocycles. The van der Waals surface area contributed by atoms with Gasteiger partial charge in [0.2, 0.25) is 0 Å². The van der Waals surface area contributed by atoms with Crippen LogP contribution in [0, 0.1) is 0 Å². The Bertz CT molecular complexity index is 1570. The van der Waals surface area contributed by atoms with E-state index in [-0.39, 0.29) is 17.5 Å². The number of rotatable bonds is 5. The molecule has 1 atom stereocenters. The molecule has 3 aromatic heterocycles. The van der Waals surface area contributed by atoms with Crippen LogP contribution < -0.4 is 20.3 Å². The zero-order chi connectivity index (χ0) is 22.6. The van der Waals surface area contributed by atoms with Crippen LogP contribution in [0.25, 0.3) is 38.1 Å². The number of nitrogens with one attached hydrogen (secondary N) is 1. The Labute approximate surface area is 183 Å². The SMILES string of the molecule is CC[C@@H](C)NC(=O)c1cc2c3ccccc3n3c(=O)c4c(OC)c(OC)ccc4c(n1)c23. The second-order valence-electron chi connectivity index (χ2n) is 7.92. The van der Waals surface area contributed by atoms with Crippen molar-refractivity contribution >= 4 is 44.0 Å². The predicted octanol–water partition coefficient (Wildman–Crippen LogP) is 4.14. The summed E-state index contributed by atoms with van der Waals surface area (Å²) in [7, 11) is 3.04. The normalized spacial score (nSPS) is 12.6. The van der Waals surface area contributed by atoms with Gasteiger partial charge in [0.1, 0.15) is 5.69 Å². The van der Waals surface area contributed by atoms with Gasteiger partial charge in [-0.15, -0.1) is 0 Å². The van der Waals surface area contributed by atoms with Crippen molar-refractivity contribution in [3.05, 3.63) is 58.5 Å². The Morgan fingerprint density at radius 3 is 2.59 bits per heavy atom. The fourth-order valence-electron chi connectivity index (χ4n) is 4.35. The van der Waals surface area contributed by atoms with E-state index in [4.69, 9.17) is 14.5 Å². The van der Waals surface area contributed by atoms with Crippen molar-refractivity contribution in [3.8, 4) is 11.5 Å². The number of ether oxygens (including phenoxy) is 2. The van der Waals surface area contributed by atoms with Crippen LogP contribution in [0.4, 0.5) is 0 Å². The first-order valence-corrected chi connectivity index (χ1v) is 10.5. The van der Waals surface area contributed by atoms with Gasteiger partial charge in [0.15, 0.2) is 11.5 Å². The molecule has 0 unspecified atom stereocenters. The molecule has 3 heterocycles.